The number of guanidine groups is 1. The Balaban J connectivity index is 7.20. The van der Waals surface area contributed by atoms with E-state index in [-0.39, 0.29) is 113 Å². The Labute approximate surface area is 554 Å². The van der Waals surface area contributed by atoms with Gasteiger partial charge >= 0.3 is 0 Å². The molecule has 0 bridgehead atoms. The van der Waals surface area contributed by atoms with Crippen molar-refractivity contribution in [3.05, 3.63) is 0 Å². The lowest BCUT2D eigenvalue weighted by Crippen LogP contribution is -2.62. The molecule has 0 saturated carbocycles. The van der Waals surface area contributed by atoms with E-state index in [0.717, 1.165) is 25.7 Å². The number of rotatable bonds is 52. The van der Waals surface area contributed by atoms with E-state index in [2.05, 4.69) is 65.1 Å². The van der Waals surface area contributed by atoms with E-state index in [9.17, 15) is 57.8 Å². The Bertz CT molecular complexity index is 2300. The highest BCUT2D eigenvalue weighted by Gasteiger charge is 2.38. The molecule has 0 saturated heterocycles. The van der Waals surface area contributed by atoms with Gasteiger partial charge in [-0.3, -0.25) is 57.7 Å². The molecule has 11 amide bonds. The first-order chi connectivity index (χ1) is 43.8. The summed E-state index contributed by atoms with van der Waals surface area (Å²) in [7, 11) is 0. The molecule has 93 heavy (non-hydrogen) atoms. The maximum atomic E-state index is 14.8. The van der Waals surface area contributed by atoms with Crippen LogP contribution in [0.3, 0.4) is 0 Å². The number of nitrogens with one attached hydrogen (secondary N) is 10. The zero-order valence-corrected chi connectivity index (χ0v) is 58.3. The highest BCUT2D eigenvalue weighted by Crippen LogP contribution is 2.16. The van der Waals surface area contributed by atoms with Crippen molar-refractivity contribution < 1.29 is 57.8 Å². The van der Waals surface area contributed by atoms with Gasteiger partial charge in [0.25, 0.3) is 0 Å². The van der Waals surface area contributed by atoms with Crippen molar-refractivity contribution in [1.82, 2.24) is 53.2 Å². The largest absolute Gasteiger partial charge is 0.391 e. The number of carbonyl (C=O) groups excluding carboxylic acids is 11. The summed E-state index contributed by atoms with van der Waals surface area (Å²) in [4.78, 5) is 156. The molecular weight excluding hydrogens is 1200 g/mol. The van der Waals surface area contributed by atoms with Crippen LogP contribution in [-0.2, 0) is 52.7 Å². The molecule has 0 aromatic carbocycles. The molecule has 0 aromatic rings. The summed E-state index contributed by atoms with van der Waals surface area (Å²) in [5.41, 5.74) is 28.2. The second-order valence-electron chi connectivity index (χ2n) is 26.5. The van der Waals surface area contributed by atoms with Gasteiger partial charge in [0.15, 0.2) is 5.96 Å². The normalized spacial score (nSPS) is 15.0. The molecule has 536 valence electrons. The number of aliphatic hydroxyl groups excluding tert-OH is 1. The standard InChI is InChI=1S/C65H124N16O12/c1-13-15-16-17-18-19-20-21-30-52(83)71-32-25-23-28-45(75-61(90)50(36-41(7)8)78-60(89)49(35-40(5)6)73-53(84)38-67)57(86)74-47(29-26-33-72-65(69)70)58(87)80-54(43(11)14-2)63(92)76-46(27-22-24-31-66)59(88)81-55(44(12)82)64(93)79-51(37-42(9)10)62(91)77-48(56(68)85)34-39(3)4/h39-51,54-55,82H,13-38,66-67H2,1-12H3,(H2,68,85)(H,71,83)(H,73,84)(H,74,86)(H,75,90)(H,76,92)(H,77,91)(H,78,89)(H,79,93)(H,80,87)(H,81,88)(H4,69,70,72)/t43-,44+,45+,46+,47-,48-,49-,50-,51-,54-,55-/m0/s1. The Hall–Kier alpha value is -6.68. The number of aliphatic imine (C=N–C) groups is 1. The fourth-order valence-corrected chi connectivity index (χ4v) is 10.3. The molecule has 0 radical (unpaired) electrons. The molecule has 0 aliphatic rings. The van der Waals surface area contributed by atoms with E-state index in [0.29, 0.717) is 38.5 Å². The lowest BCUT2D eigenvalue weighted by molar-refractivity contribution is -0.137. The minimum absolute atomic E-state index is 0.000173. The zero-order valence-electron chi connectivity index (χ0n) is 58.3. The quantitative estimate of drug-likeness (QED) is 0.0233. The minimum atomic E-state index is -1.65. The molecule has 28 nitrogen and oxygen atoms in total. The SMILES string of the molecule is CCCCCCCCCCC(=O)NCCCC[C@@H](NC(=O)[C@H](CC(C)C)NC(=O)[C@H](CC(C)C)NC(=O)CN)C(=O)N[C@@H](CCCN=C(N)N)C(=O)N[C@H](C(=O)N[C@H](CCCCN)C(=O)N[C@H](C(=O)N[C@@H](CC(C)C)C(=O)N[C@@H](CC(C)C)C(N)=O)[C@@H](C)O)[C@@H](C)CC. The maximum Gasteiger partial charge on any atom is 0.245 e. The molecule has 0 heterocycles. The lowest BCUT2D eigenvalue weighted by Gasteiger charge is -2.30. The highest BCUT2D eigenvalue weighted by atomic mass is 16.3. The third kappa shape index (κ3) is 38.9. The van der Waals surface area contributed by atoms with Crippen molar-refractivity contribution in [1.29, 1.82) is 0 Å². The van der Waals surface area contributed by atoms with Gasteiger partial charge in [-0.25, -0.2) is 0 Å². The van der Waals surface area contributed by atoms with Gasteiger partial charge in [-0.05, 0) is 127 Å². The van der Waals surface area contributed by atoms with Crippen LogP contribution in [0.4, 0.5) is 0 Å². The van der Waals surface area contributed by atoms with Crippen LogP contribution in [0.25, 0.3) is 0 Å². The number of nitrogens with two attached hydrogens (primary N) is 5. The predicted molar refractivity (Wildman–Crippen MR) is 361 cm³/mol. The third-order valence-corrected chi connectivity index (χ3v) is 15.7. The molecule has 0 aromatic heterocycles. The Morgan fingerprint density at radius 2 is 0.774 bits per heavy atom. The van der Waals surface area contributed by atoms with E-state index < -0.39 is 125 Å². The number of hydrogen-bond donors (Lipinski definition) is 16. The summed E-state index contributed by atoms with van der Waals surface area (Å²) in [5, 5.41) is 38.2. The minimum Gasteiger partial charge on any atom is -0.391 e. The topological polar surface area (TPSA) is 471 Å². The summed E-state index contributed by atoms with van der Waals surface area (Å²) >= 11 is 0. The van der Waals surface area contributed by atoms with Gasteiger partial charge in [-0.2, -0.15) is 0 Å². The molecule has 21 N–H and O–H groups in total. The Morgan fingerprint density at radius 1 is 0.398 bits per heavy atom. The van der Waals surface area contributed by atoms with E-state index in [1.165, 1.54) is 32.6 Å². The number of primary amides is 1. The van der Waals surface area contributed by atoms with Crippen LogP contribution in [-0.4, -0.2) is 163 Å². The third-order valence-electron chi connectivity index (χ3n) is 15.7. The smallest absolute Gasteiger partial charge is 0.245 e. The van der Waals surface area contributed by atoms with E-state index in [4.69, 9.17) is 28.7 Å². The van der Waals surface area contributed by atoms with Crippen molar-refractivity contribution in [2.24, 2.45) is 63.3 Å². The Morgan fingerprint density at radius 3 is 1.22 bits per heavy atom. The molecule has 0 aliphatic heterocycles. The van der Waals surface area contributed by atoms with Gasteiger partial charge in [0, 0.05) is 19.5 Å². The number of nitrogens with zero attached hydrogens (tertiary/aromatic N) is 1. The monoisotopic (exact) mass is 1320 g/mol. The fourth-order valence-electron chi connectivity index (χ4n) is 10.3. The van der Waals surface area contributed by atoms with Gasteiger partial charge in [-0.15, -0.1) is 0 Å². The first kappa shape index (κ1) is 86.3. The van der Waals surface area contributed by atoms with Gasteiger partial charge in [-0.1, -0.05) is 128 Å². The van der Waals surface area contributed by atoms with Crippen LogP contribution in [0, 0.1) is 29.6 Å². The number of hydrogen-bond acceptors (Lipinski definition) is 15. The van der Waals surface area contributed by atoms with E-state index in [1.807, 2.05) is 55.4 Å². The first-order valence-corrected chi connectivity index (χ1v) is 34.2. The second-order valence-corrected chi connectivity index (χ2v) is 26.5. The summed E-state index contributed by atoms with van der Waals surface area (Å²) < 4.78 is 0. The average molecular weight is 1320 g/mol. The fraction of sp³-hybridized carbons (Fsp3) is 0.815. The lowest BCUT2D eigenvalue weighted by atomic mass is 9.96. The van der Waals surface area contributed by atoms with Crippen molar-refractivity contribution in [3.63, 3.8) is 0 Å². The Kier molecular flexibility index (Phi) is 45.4. The molecule has 0 spiro atoms. The van der Waals surface area contributed by atoms with Crippen LogP contribution >= 0.6 is 0 Å². The summed E-state index contributed by atoms with van der Waals surface area (Å²) in [6.07, 6.45) is 10.1. The van der Waals surface area contributed by atoms with Gasteiger partial charge < -0.3 is 86.9 Å². The van der Waals surface area contributed by atoms with Crippen molar-refractivity contribution in [3.8, 4) is 0 Å². The zero-order chi connectivity index (χ0) is 70.8. The molecular formula is C65H124N16O12. The molecule has 11 atom stereocenters. The highest BCUT2D eigenvalue weighted by molar-refractivity contribution is 5.98. The predicted octanol–water partition coefficient (Wildman–Crippen LogP) is 1.40. The molecule has 0 aliphatic carbocycles. The van der Waals surface area contributed by atoms with Crippen LogP contribution in [0.5, 0.6) is 0 Å². The van der Waals surface area contributed by atoms with Crippen LogP contribution in [0.15, 0.2) is 4.99 Å². The maximum absolute atomic E-state index is 14.8. The molecule has 0 fully saturated rings. The van der Waals surface area contributed by atoms with Crippen LogP contribution < -0.4 is 81.8 Å². The number of aliphatic hydroxyl groups is 1. The van der Waals surface area contributed by atoms with E-state index in [1.54, 1.807) is 13.8 Å². The molecule has 0 unspecified atom stereocenters. The van der Waals surface area contributed by atoms with Gasteiger partial charge in [0.1, 0.15) is 54.4 Å². The number of unbranched alkanes of at least 4 members (excludes halogenated alkanes) is 9. The number of carbonyl (C=O) groups is 11. The van der Waals surface area contributed by atoms with Gasteiger partial charge in [0.05, 0.1) is 12.6 Å². The summed E-state index contributed by atoms with van der Waals surface area (Å²) in [5.74, 6) is -8.84. The second kappa shape index (κ2) is 49.0. The number of amides is 11. The van der Waals surface area contributed by atoms with Crippen molar-refractivity contribution >= 4 is 70.9 Å². The van der Waals surface area contributed by atoms with E-state index >= 15 is 0 Å². The first-order valence-electron chi connectivity index (χ1n) is 34.2. The van der Waals surface area contributed by atoms with Gasteiger partial charge in [0.2, 0.25) is 65.0 Å². The molecule has 0 rings (SSSR count). The van der Waals surface area contributed by atoms with Crippen LogP contribution in [0.2, 0.25) is 0 Å². The van der Waals surface area contributed by atoms with Crippen molar-refractivity contribution in [2.45, 2.75) is 285 Å². The average Bonchev–Trinajstić information content (AvgIpc) is 0.941. The summed E-state index contributed by atoms with van der Waals surface area (Å²) in [6, 6.07) is -11.5. The van der Waals surface area contributed by atoms with Crippen LogP contribution in [0.1, 0.15) is 224 Å². The van der Waals surface area contributed by atoms with Crippen molar-refractivity contribution in [2.75, 3.05) is 26.2 Å². The molecule has 28 heteroatoms. The summed E-state index contributed by atoms with van der Waals surface area (Å²) in [6.45, 7) is 21.9.